The van der Waals surface area contributed by atoms with Gasteiger partial charge in [-0.15, -0.1) is 0 Å². The SMILES string of the molecule is Cc1cnc(NC2(C)CCCCC2)[nH]1. The van der Waals surface area contributed by atoms with E-state index in [4.69, 9.17) is 0 Å². The highest BCUT2D eigenvalue weighted by Crippen LogP contribution is 2.30. The third-order valence-corrected chi connectivity index (χ3v) is 3.08. The summed E-state index contributed by atoms with van der Waals surface area (Å²) in [5.74, 6) is 0.923. The van der Waals surface area contributed by atoms with Crippen LogP contribution >= 0.6 is 0 Å². The van der Waals surface area contributed by atoms with Crippen molar-refractivity contribution in [2.24, 2.45) is 0 Å². The maximum Gasteiger partial charge on any atom is 0.200 e. The lowest BCUT2D eigenvalue weighted by Crippen LogP contribution is -2.37. The summed E-state index contributed by atoms with van der Waals surface area (Å²) in [6.45, 7) is 4.32. The smallest absolute Gasteiger partial charge is 0.200 e. The molecule has 0 spiro atoms. The second-order valence-electron chi connectivity index (χ2n) is 4.66. The average Bonchev–Trinajstić information content (AvgIpc) is 2.51. The van der Waals surface area contributed by atoms with Crippen LogP contribution in [-0.2, 0) is 0 Å². The summed E-state index contributed by atoms with van der Waals surface area (Å²) in [6, 6.07) is 0. The number of nitrogens with one attached hydrogen (secondary N) is 2. The zero-order valence-corrected chi connectivity index (χ0v) is 9.06. The molecule has 1 fully saturated rings. The van der Waals surface area contributed by atoms with Crippen LogP contribution in [0.5, 0.6) is 0 Å². The summed E-state index contributed by atoms with van der Waals surface area (Å²) in [4.78, 5) is 7.51. The van der Waals surface area contributed by atoms with E-state index >= 15 is 0 Å². The predicted octanol–water partition coefficient (Wildman–Crippen LogP) is 2.85. The minimum Gasteiger partial charge on any atom is -0.351 e. The lowest BCUT2D eigenvalue weighted by molar-refractivity contribution is 0.348. The number of hydrogen-bond acceptors (Lipinski definition) is 2. The number of imidazole rings is 1. The van der Waals surface area contributed by atoms with Gasteiger partial charge in [0.2, 0.25) is 5.95 Å². The Kier molecular flexibility index (Phi) is 2.48. The number of rotatable bonds is 2. The largest absolute Gasteiger partial charge is 0.351 e. The molecule has 1 saturated carbocycles. The van der Waals surface area contributed by atoms with E-state index in [0.29, 0.717) is 0 Å². The van der Waals surface area contributed by atoms with E-state index in [-0.39, 0.29) is 5.54 Å². The van der Waals surface area contributed by atoms with Crippen LogP contribution in [-0.4, -0.2) is 15.5 Å². The van der Waals surface area contributed by atoms with Crippen molar-refractivity contribution < 1.29 is 0 Å². The maximum absolute atomic E-state index is 4.29. The molecule has 3 nitrogen and oxygen atoms in total. The van der Waals surface area contributed by atoms with Crippen molar-refractivity contribution in [3.8, 4) is 0 Å². The highest BCUT2D eigenvalue weighted by molar-refractivity contribution is 5.30. The summed E-state index contributed by atoms with van der Waals surface area (Å²) in [7, 11) is 0. The van der Waals surface area contributed by atoms with Crippen LogP contribution in [0.3, 0.4) is 0 Å². The molecule has 0 aromatic carbocycles. The fourth-order valence-electron chi connectivity index (χ4n) is 2.22. The normalized spacial score (nSPS) is 20.7. The summed E-state index contributed by atoms with van der Waals surface area (Å²) in [5, 5.41) is 3.51. The molecular formula is C11H19N3. The van der Waals surface area contributed by atoms with Crippen LogP contribution in [0, 0.1) is 6.92 Å². The monoisotopic (exact) mass is 193 g/mol. The summed E-state index contributed by atoms with van der Waals surface area (Å²) < 4.78 is 0. The average molecular weight is 193 g/mol. The van der Waals surface area contributed by atoms with E-state index in [1.807, 2.05) is 13.1 Å². The molecule has 0 unspecified atom stereocenters. The minimum absolute atomic E-state index is 0.253. The van der Waals surface area contributed by atoms with Crippen molar-refractivity contribution >= 4 is 5.95 Å². The van der Waals surface area contributed by atoms with E-state index < -0.39 is 0 Å². The van der Waals surface area contributed by atoms with Gasteiger partial charge >= 0.3 is 0 Å². The van der Waals surface area contributed by atoms with E-state index in [1.165, 1.54) is 32.1 Å². The Hall–Kier alpha value is -0.990. The second-order valence-corrected chi connectivity index (χ2v) is 4.66. The van der Waals surface area contributed by atoms with Crippen LogP contribution in [0.15, 0.2) is 6.20 Å². The topological polar surface area (TPSA) is 40.7 Å². The van der Waals surface area contributed by atoms with Gasteiger partial charge in [-0.3, -0.25) is 0 Å². The molecule has 3 heteroatoms. The van der Waals surface area contributed by atoms with Crippen LogP contribution in [0.4, 0.5) is 5.95 Å². The molecule has 14 heavy (non-hydrogen) atoms. The Labute approximate surface area is 85.3 Å². The third kappa shape index (κ3) is 2.08. The Morgan fingerprint density at radius 3 is 2.64 bits per heavy atom. The van der Waals surface area contributed by atoms with Gasteiger partial charge in [0.05, 0.1) is 0 Å². The Morgan fingerprint density at radius 1 is 1.36 bits per heavy atom. The van der Waals surface area contributed by atoms with Gasteiger partial charge in [-0.1, -0.05) is 19.3 Å². The van der Waals surface area contributed by atoms with Crippen LogP contribution in [0.25, 0.3) is 0 Å². The number of H-pyrrole nitrogens is 1. The quantitative estimate of drug-likeness (QED) is 0.758. The molecular weight excluding hydrogens is 174 g/mol. The van der Waals surface area contributed by atoms with Crippen molar-refractivity contribution in [1.82, 2.24) is 9.97 Å². The maximum atomic E-state index is 4.29. The number of aromatic amines is 1. The van der Waals surface area contributed by atoms with Crippen molar-refractivity contribution in [2.75, 3.05) is 5.32 Å². The number of nitrogens with zero attached hydrogens (tertiary/aromatic N) is 1. The van der Waals surface area contributed by atoms with E-state index in [2.05, 4.69) is 22.2 Å². The summed E-state index contributed by atoms with van der Waals surface area (Å²) in [6.07, 6.45) is 8.44. The van der Waals surface area contributed by atoms with Crippen molar-refractivity contribution in [2.45, 2.75) is 51.5 Å². The molecule has 0 atom stereocenters. The van der Waals surface area contributed by atoms with Crippen LogP contribution in [0.1, 0.15) is 44.7 Å². The van der Waals surface area contributed by atoms with E-state index in [1.54, 1.807) is 0 Å². The molecule has 2 N–H and O–H groups in total. The van der Waals surface area contributed by atoms with Gasteiger partial charge in [0, 0.05) is 17.4 Å². The highest BCUT2D eigenvalue weighted by Gasteiger charge is 2.26. The van der Waals surface area contributed by atoms with Gasteiger partial charge in [0.1, 0.15) is 0 Å². The fraction of sp³-hybridized carbons (Fsp3) is 0.727. The minimum atomic E-state index is 0.253. The molecule has 1 aromatic heterocycles. The molecule has 1 aromatic rings. The number of aryl methyl sites for hydroxylation is 1. The van der Waals surface area contributed by atoms with E-state index in [9.17, 15) is 0 Å². The molecule has 0 bridgehead atoms. The van der Waals surface area contributed by atoms with Gasteiger partial charge in [-0.05, 0) is 26.7 Å². The summed E-state index contributed by atoms with van der Waals surface area (Å²) in [5.41, 5.74) is 1.37. The molecule has 0 radical (unpaired) electrons. The predicted molar refractivity (Wildman–Crippen MR) is 58.4 cm³/mol. The van der Waals surface area contributed by atoms with Gasteiger partial charge in [0.25, 0.3) is 0 Å². The van der Waals surface area contributed by atoms with Crippen molar-refractivity contribution in [3.63, 3.8) is 0 Å². The number of aromatic nitrogens is 2. The first-order valence-corrected chi connectivity index (χ1v) is 5.48. The third-order valence-electron chi connectivity index (χ3n) is 3.08. The molecule has 0 aliphatic heterocycles. The first-order chi connectivity index (χ1) is 6.68. The van der Waals surface area contributed by atoms with Crippen LogP contribution < -0.4 is 5.32 Å². The Balaban J connectivity index is 2.01. The van der Waals surface area contributed by atoms with E-state index in [0.717, 1.165) is 11.6 Å². The van der Waals surface area contributed by atoms with Crippen molar-refractivity contribution in [3.05, 3.63) is 11.9 Å². The molecule has 2 rings (SSSR count). The standard InChI is InChI=1S/C11H19N3/c1-9-8-12-10(13-9)14-11(2)6-4-3-5-7-11/h8H,3-7H2,1-2H3,(H2,12,13,14). The van der Waals surface area contributed by atoms with Gasteiger partial charge < -0.3 is 10.3 Å². The highest BCUT2D eigenvalue weighted by atomic mass is 15.1. The molecule has 0 amide bonds. The molecule has 1 heterocycles. The molecule has 1 aliphatic carbocycles. The van der Waals surface area contributed by atoms with Crippen molar-refractivity contribution in [1.29, 1.82) is 0 Å². The zero-order chi connectivity index (χ0) is 10.0. The molecule has 78 valence electrons. The van der Waals surface area contributed by atoms with Gasteiger partial charge in [0.15, 0.2) is 0 Å². The Morgan fingerprint density at radius 2 is 2.07 bits per heavy atom. The zero-order valence-electron chi connectivity index (χ0n) is 9.06. The molecule has 1 aliphatic rings. The lowest BCUT2D eigenvalue weighted by atomic mass is 9.83. The Bertz CT molecular complexity index is 297. The molecule has 0 saturated heterocycles. The number of anilines is 1. The van der Waals surface area contributed by atoms with Gasteiger partial charge in [-0.25, -0.2) is 4.98 Å². The summed E-state index contributed by atoms with van der Waals surface area (Å²) >= 11 is 0. The first-order valence-electron chi connectivity index (χ1n) is 5.48. The van der Waals surface area contributed by atoms with Gasteiger partial charge in [-0.2, -0.15) is 0 Å². The lowest BCUT2D eigenvalue weighted by Gasteiger charge is -2.34. The van der Waals surface area contributed by atoms with Crippen LogP contribution in [0.2, 0.25) is 0 Å². The number of hydrogen-bond donors (Lipinski definition) is 2. The fourth-order valence-corrected chi connectivity index (χ4v) is 2.22. The first kappa shape index (κ1) is 9.56. The second kappa shape index (κ2) is 3.64.